The van der Waals surface area contributed by atoms with Gasteiger partial charge in [0.25, 0.3) is 0 Å². The fraction of sp³-hybridized carbons (Fsp3) is 0.583. The van der Waals surface area contributed by atoms with Gasteiger partial charge >= 0.3 is 6.18 Å². The zero-order valence-electron chi connectivity index (χ0n) is 9.57. The van der Waals surface area contributed by atoms with E-state index in [0.29, 0.717) is 12.0 Å². The number of aromatic nitrogens is 1. The van der Waals surface area contributed by atoms with Gasteiger partial charge in [-0.05, 0) is 31.4 Å². The Labute approximate surface area is 102 Å². The van der Waals surface area contributed by atoms with Crippen molar-refractivity contribution in [1.82, 2.24) is 10.3 Å². The number of halogens is 3. The van der Waals surface area contributed by atoms with Crippen molar-refractivity contribution >= 4 is 0 Å². The van der Waals surface area contributed by atoms with Gasteiger partial charge in [-0.2, -0.15) is 13.2 Å². The lowest BCUT2D eigenvalue weighted by Gasteiger charge is -2.23. The van der Waals surface area contributed by atoms with E-state index < -0.39 is 11.7 Å². The lowest BCUT2D eigenvalue weighted by atomic mass is 10.1. The molecule has 1 aromatic rings. The Morgan fingerprint density at radius 3 is 2.61 bits per heavy atom. The molecule has 3 rings (SSSR count). The number of rotatable bonds is 2. The Balaban J connectivity index is 1.67. The molecule has 2 heterocycles. The minimum atomic E-state index is -4.35. The average molecular weight is 258 g/mol. The van der Waals surface area contributed by atoms with Crippen LogP contribution in [-0.2, 0) is 6.18 Å². The molecule has 0 aromatic carbocycles. The molecule has 6 heteroatoms. The van der Waals surface area contributed by atoms with E-state index >= 15 is 0 Å². The number of hydrogen-bond acceptors (Lipinski definition) is 3. The zero-order valence-corrected chi connectivity index (χ0v) is 9.57. The molecular formula is C12H13F3N2O. The third kappa shape index (κ3) is 2.16. The number of alkyl halides is 3. The maximum atomic E-state index is 12.4. The number of pyridine rings is 1. The van der Waals surface area contributed by atoms with Crippen LogP contribution < -0.4 is 10.1 Å². The van der Waals surface area contributed by atoms with E-state index in [1.54, 1.807) is 0 Å². The van der Waals surface area contributed by atoms with Gasteiger partial charge in [-0.25, -0.2) is 4.98 Å². The molecule has 2 bridgehead atoms. The van der Waals surface area contributed by atoms with Crippen molar-refractivity contribution in [3.05, 3.63) is 23.9 Å². The predicted molar refractivity (Wildman–Crippen MR) is 58.2 cm³/mol. The van der Waals surface area contributed by atoms with Gasteiger partial charge < -0.3 is 10.1 Å². The van der Waals surface area contributed by atoms with Gasteiger partial charge in [-0.15, -0.1) is 0 Å². The number of fused-ring (bicyclic) bond motifs is 2. The largest absolute Gasteiger partial charge is 0.473 e. The minimum absolute atomic E-state index is 0.0352. The lowest BCUT2D eigenvalue weighted by molar-refractivity contribution is -0.137. The molecule has 0 spiro atoms. The van der Waals surface area contributed by atoms with Crippen LogP contribution in [0.5, 0.6) is 5.88 Å². The van der Waals surface area contributed by atoms with Crippen LogP contribution in [-0.4, -0.2) is 23.7 Å². The van der Waals surface area contributed by atoms with Gasteiger partial charge in [0.2, 0.25) is 5.88 Å². The predicted octanol–water partition coefficient (Wildman–Crippen LogP) is 2.23. The number of piperidine rings is 1. The Bertz CT molecular complexity index is 432. The van der Waals surface area contributed by atoms with Crippen molar-refractivity contribution in [1.29, 1.82) is 0 Å². The minimum Gasteiger partial charge on any atom is -0.473 e. The summed E-state index contributed by atoms with van der Waals surface area (Å²) >= 11 is 0. The van der Waals surface area contributed by atoms with E-state index in [4.69, 9.17) is 4.74 Å². The summed E-state index contributed by atoms with van der Waals surface area (Å²) in [6, 6.07) is 2.61. The van der Waals surface area contributed by atoms with E-state index in [9.17, 15) is 13.2 Å². The fourth-order valence-corrected chi connectivity index (χ4v) is 2.70. The first-order valence-electron chi connectivity index (χ1n) is 5.95. The molecule has 1 aliphatic heterocycles. The van der Waals surface area contributed by atoms with E-state index in [2.05, 4.69) is 10.3 Å². The number of nitrogens with zero attached hydrogens (tertiary/aromatic N) is 1. The molecule has 1 aliphatic carbocycles. The molecule has 3 unspecified atom stereocenters. The molecule has 1 N–H and O–H groups in total. The molecule has 0 amide bonds. The number of nitrogens with one attached hydrogen (secondary N) is 1. The van der Waals surface area contributed by atoms with Crippen molar-refractivity contribution in [3.8, 4) is 5.88 Å². The summed E-state index contributed by atoms with van der Waals surface area (Å²) in [6.07, 6.45) is -1.45. The van der Waals surface area contributed by atoms with E-state index in [1.165, 1.54) is 6.07 Å². The summed E-state index contributed by atoms with van der Waals surface area (Å²) < 4.78 is 42.7. The van der Waals surface area contributed by atoms with Crippen LogP contribution in [0.15, 0.2) is 18.3 Å². The molecule has 98 valence electrons. The normalized spacial score (nSPS) is 30.7. The average Bonchev–Trinajstić information content (AvgIpc) is 2.90. The summed E-state index contributed by atoms with van der Waals surface area (Å²) in [5.41, 5.74) is -0.749. The highest BCUT2D eigenvalue weighted by atomic mass is 19.4. The maximum Gasteiger partial charge on any atom is 0.417 e. The molecule has 3 atom stereocenters. The number of ether oxygens (including phenoxy) is 1. The first-order valence-corrected chi connectivity index (χ1v) is 5.95. The highest BCUT2D eigenvalue weighted by molar-refractivity contribution is 5.20. The van der Waals surface area contributed by atoms with Crippen molar-refractivity contribution in [2.24, 2.45) is 5.92 Å². The molecule has 1 saturated carbocycles. The molecule has 2 aliphatic rings. The van der Waals surface area contributed by atoms with Crippen LogP contribution in [0.3, 0.4) is 0 Å². The Morgan fingerprint density at radius 2 is 2.11 bits per heavy atom. The second-order valence-corrected chi connectivity index (χ2v) is 4.89. The third-order valence-corrected chi connectivity index (χ3v) is 3.61. The molecule has 18 heavy (non-hydrogen) atoms. The van der Waals surface area contributed by atoms with Gasteiger partial charge in [0.1, 0.15) is 6.10 Å². The van der Waals surface area contributed by atoms with Crippen LogP contribution in [0.4, 0.5) is 13.2 Å². The Kier molecular flexibility index (Phi) is 2.69. The van der Waals surface area contributed by atoms with Gasteiger partial charge in [-0.3, -0.25) is 0 Å². The van der Waals surface area contributed by atoms with Crippen LogP contribution in [0.1, 0.15) is 18.4 Å². The summed E-state index contributed by atoms with van der Waals surface area (Å²) in [7, 11) is 0. The van der Waals surface area contributed by atoms with Crippen LogP contribution >= 0.6 is 0 Å². The quantitative estimate of drug-likeness (QED) is 0.883. The summed E-state index contributed by atoms with van der Waals surface area (Å²) in [4.78, 5) is 3.72. The van der Waals surface area contributed by atoms with E-state index in [-0.39, 0.29) is 12.0 Å². The van der Waals surface area contributed by atoms with Gasteiger partial charge in [0, 0.05) is 18.3 Å². The van der Waals surface area contributed by atoms with Crippen LogP contribution in [0.2, 0.25) is 0 Å². The smallest absolute Gasteiger partial charge is 0.417 e. The SMILES string of the molecule is FC(F)(F)c1ccc(OC2CC3CNC2C3)nc1. The van der Waals surface area contributed by atoms with Crippen LogP contribution in [0.25, 0.3) is 0 Å². The molecular weight excluding hydrogens is 245 g/mol. The van der Waals surface area contributed by atoms with Gasteiger partial charge in [0.05, 0.1) is 5.56 Å². The highest BCUT2D eigenvalue weighted by Gasteiger charge is 2.41. The van der Waals surface area contributed by atoms with E-state index in [0.717, 1.165) is 31.6 Å². The monoisotopic (exact) mass is 258 g/mol. The highest BCUT2D eigenvalue weighted by Crippen LogP contribution is 2.34. The molecule has 1 aromatic heterocycles. The van der Waals surface area contributed by atoms with Gasteiger partial charge in [0.15, 0.2) is 0 Å². The standard InChI is InChI=1S/C12H13F3N2O/c13-12(14,15)8-1-2-11(17-6-8)18-10-4-7-3-9(10)16-5-7/h1-2,6-7,9-10,16H,3-5H2. The lowest BCUT2D eigenvalue weighted by Crippen LogP contribution is -2.40. The van der Waals surface area contributed by atoms with Crippen molar-refractivity contribution in [2.45, 2.75) is 31.2 Å². The van der Waals surface area contributed by atoms with Crippen molar-refractivity contribution < 1.29 is 17.9 Å². The summed E-state index contributed by atoms with van der Waals surface area (Å²) in [6.45, 7) is 1.02. The van der Waals surface area contributed by atoms with Gasteiger partial charge in [-0.1, -0.05) is 0 Å². The first kappa shape index (κ1) is 11.8. The second kappa shape index (κ2) is 4.12. The van der Waals surface area contributed by atoms with Crippen molar-refractivity contribution in [3.63, 3.8) is 0 Å². The van der Waals surface area contributed by atoms with E-state index in [1.807, 2.05) is 0 Å². The summed E-state index contributed by atoms with van der Waals surface area (Å²) in [5, 5.41) is 3.33. The first-order chi connectivity index (χ1) is 8.52. The second-order valence-electron chi connectivity index (χ2n) is 4.89. The molecule has 0 radical (unpaired) electrons. The topological polar surface area (TPSA) is 34.1 Å². The Hall–Kier alpha value is -1.30. The van der Waals surface area contributed by atoms with Crippen LogP contribution in [0, 0.1) is 5.92 Å². The zero-order chi connectivity index (χ0) is 12.8. The Morgan fingerprint density at radius 1 is 1.28 bits per heavy atom. The summed E-state index contributed by atoms with van der Waals surface area (Å²) in [5.74, 6) is 0.900. The third-order valence-electron chi connectivity index (χ3n) is 3.61. The molecule has 2 fully saturated rings. The maximum absolute atomic E-state index is 12.4. The molecule has 1 saturated heterocycles. The van der Waals surface area contributed by atoms with Crippen molar-refractivity contribution in [2.75, 3.05) is 6.54 Å². The molecule has 3 nitrogen and oxygen atoms in total. The fourth-order valence-electron chi connectivity index (χ4n) is 2.70. The number of hydrogen-bond donors (Lipinski definition) is 1.